The summed E-state index contributed by atoms with van der Waals surface area (Å²) in [5, 5.41) is 9.85. The lowest BCUT2D eigenvalue weighted by Crippen LogP contribution is -2.44. The highest BCUT2D eigenvalue weighted by atomic mass is 32.2. The van der Waals surface area contributed by atoms with Gasteiger partial charge in [-0.05, 0) is 12.8 Å². The molecule has 1 saturated heterocycles. The van der Waals surface area contributed by atoms with Crippen LogP contribution in [0.5, 0.6) is 0 Å². The molecule has 2 rings (SSSR count). The zero-order chi connectivity index (χ0) is 13.2. The predicted molar refractivity (Wildman–Crippen MR) is 71.7 cm³/mol. The molecule has 2 fully saturated rings. The second kappa shape index (κ2) is 5.51. The monoisotopic (exact) mass is 271 g/mol. The summed E-state index contributed by atoms with van der Waals surface area (Å²) in [7, 11) is 0. The van der Waals surface area contributed by atoms with E-state index in [2.05, 4.69) is 6.92 Å². The van der Waals surface area contributed by atoms with Crippen LogP contribution in [0.15, 0.2) is 0 Å². The number of carbonyl (C=O) groups is 2. The van der Waals surface area contributed by atoms with Crippen LogP contribution in [0.4, 0.5) is 0 Å². The lowest BCUT2D eigenvalue weighted by atomic mass is 9.82. The van der Waals surface area contributed by atoms with E-state index in [1.54, 1.807) is 0 Å². The summed E-state index contributed by atoms with van der Waals surface area (Å²) in [6, 6.07) is 0. The van der Waals surface area contributed by atoms with Gasteiger partial charge in [0.25, 0.3) is 0 Å². The Bertz CT molecular complexity index is 339. The number of carbonyl (C=O) groups excluding carboxylic acids is 1. The summed E-state index contributed by atoms with van der Waals surface area (Å²) < 4.78 is 0. The molecule has 5 heteroatoms. The van der Waals surface area contributed by atoms with Gasteiger partial charge in [0.05, 0.1) is 5.41 Å². The van der Waals surface area contributed by atoms with Crippen LogP contribution in [-0.4, -0.2) is 46.0 Å². The molecule has 1 aliphatic heterocycles. The summed E-state index contributed by atoms with van der Waals surface area (Å²) in [6.07, 6.45) is 3.38. The SMILES string of the molecule is CC1CN(C(=O)CC2(C(=O)O)CCCC2)CCS1. The Hall–Kier alpha value is -0.710. The number of carboxylic acid groups (broad SMARTS) is 1. The van der Waals surface area contributed by atoms with E-state index in [0.717, 1.165) is 31.7 Å². The largest absolute Gasteiger partial charge is 0.481 e. The number of thioether (sulfide) groups is 1. The van der Waals surface area contributed by atoms with Crippen LogP contribution in [0.2, 0.25) is 0 Å². The number of amides is 1. The molecule has 1 atom stereocenters. The van der Waals surface area contributed by atoms with Gasteiger partial charge in [-0.25, -0.2) is 0 Å². The average molecular weight is 271 g/mol. The highest BCUT2D eigenvalue weighted by Gasteiger charge is 2.44. The molecule has 0 spiro atoms. The van der Waals surface area contributed by atoms with Crippen molar-refractivity contribution in [2.24, 2.45) is 5.41 Å². The van der Waals surface area contributed by atoms with Gasteiger partial charge in [0, 0.05) is 30.5 Å². The molecule has 1 unspecified atom stereocenters. The van der Waals surface area contributed by atoms with E-state index in [4.69, 9.17) is 0 Å². The van der Waals surface area contributed by atoms with Gasteiger partial charge < -0.3 is 10.0 Å². The van der Waals surface area contributed by atoms with Crippen LogP contribution >= 0.6 is 11.8 Å². The number of hydrogen-bond acceptors (Lipinski definition) is 3. The Morgan fingerprint density at radius 1 is 1.39 bits per heavy atom. The lowest BCUT2D eigenvalue weighted by Gasteiger charge is -2.33. The Morgan fingerprint density at radius 3 is 2.61 bits per heavy atom. The Balaban J connectivity index is 1.99. The van der Waals surface area contributed by atoms with Crippen molar-refractivity contribution >= 4 is 23.6 Å². The van der Waals surface area contributed by atoms with Gasteiger partial charge in [0.2, 0.25) is 5.91 Å². The zero-order valence-corrected chi connectivity index (χ0v) is 11.7. The normalized spacial score (nSPS) is 27.2. The van der Waals surface area contributed by atoms with Crippen molar-refractivity contribution in [3.8, 4) is 0 Å². The summed E-state index contributed by atoms with van der Waals surface area (Å²) in [6.45, 7) is 3.65. The van der Waals surface area contributed by atoms with Crippen molar-refractivity contribution in [2.45, 2.75) is 44.3 Å². The smallest absolute Gasteiger partial charge is 0.310 e. The molecule has 1 amide bonds. The molecule has 18 heavy (non-hydrogen) atoms. The first-order chi connectivity index (χ1) is 8.53. The minimum absolute atomic E-state index is 0.0338. The third-order valence-electron chi connectivity index (χ3n) is 4.10. The molecular formula is C13H21NO3S. The molecule has 102 valence electrons. The third-order valence-corrected chi connectivity index (χ3v) is 5.23. The van der Waals surface area contributed by atoms with E-state index < -0.39 is 11.4 Å². The van der Waals surface area contributed by atoms with E-state index in [-0.39, 0.29) is 12.3 Å². The second-order valence-corrected chi connectivity index (χ2v) is 7.04. The van der Waals surface area contributed by atoms with E-state index in [9.17, 15) is 14.7 Å². The molecule has 2 aliphatic rings. The summed E-state index contributed by atoms with van der Waals surface area (Å²) in [5.74, 6) is 0.215. The van der Waals surface area contributed by atoms with Gasteiger partial charge in [-0.15, -0.1) is 0 Å². The molecule has 0 aromatic heterocycles. The molecule has 1 aliphatic carbocycles. The Labute approximate surface area is 112 Å². The highest BCUT2D eigenvalue weighted by Crippen LogP contribution is 2.42. The lowest BCUT2D eigenvalue weighted by molar-refractivity contribution is -0.153. The minimum atomic E-state index is -0.784. The van der Waals surface area contributed by atoms with E-state index in [1.807, 2.05) is 16.7 Å². The van der Waals surface area contributed by atoms with Crippen LogP contribution in [0.1, 0.15) is 39.0 Å². The standard InChI is InChI=1S/C13H21NO3S/c1-10-9-14(6-7-18-10)11(15)8-13(12(16)17)4-2-3-5-13/h10H,2-9H2,1H3,(H,16,17). The maximum atomic E-state index is 12.3. The zero-order valence-electron chi connectivity index (χ0n) is 10.9. The summed E-state index contributed by atoms with van der Waals surface area (Å²) in [5.41, 5.74) is -0.773. The summed E-state index contributed by atoms with van der Waals surface area (Å²) >= 11 is 1.88. The quantitative estimate of drug-likeness (QED) is 0.853. The second-order valence-electron chi connectivity index (χ2n) is 5.49. The highest BCUT2D eigenvalue weighted by molar-refractivity contribution is 7.99. The fourth-order valence-electron chi connectivity index (χ4n) is 2.96. The number of rotatable bonds is 3. The van der Waals surface area contributed by atoms with Crippen molar-refractivity contribution in [1.82, 2.24) is 4.90 Å². The van der Waals surface area contributed by atoms with Gasteiger partial charge in [-0.3, -0.25) is 9.59 Å². The average Bonchev–Trinajstić information content (AvgIpc) is 2.79. The molecule has 4 nitrogen and oxygen atoms in total. The van der Waals surface area contributed by atoms with Gasteiger partial charge in [-0.2, -0.15) is 11.8 Å². The number of nitrogens with zero attached hydrogens (tertiary/aromatic N) is 1. The number of aliphatic carboxylic acids is 1. The number of carboxylic acids is 1. The first-order valence-corrected chi connectivity index (χ1v) is 7.71. The predicted octanol–water partition coefficient (Wildman–Crippen LogP) is 1.99. The maximum absolute atomic E-state index is 12.3. The van der Waals surface area contributed by atoms with E-state index in [1.165, 1.54) is 0 Å². The van der Waals surface area contributed by atoms with E-state index in [0.29, 0.717) is 18.1 Å². The van der Waals surface area contributed by atoms with Crippen LogP contribution in [0, 0.1) is 5.41 Å². The fraction of sp³-hybridized carbons (Fsp3) is 0.846. The van der Waals surface area contributed by atoms with Crippen molar-refractivity contribution in [2.75, 3.05) is 18.8 Å². The molecule has 1 saturated carbocycles. The van der Waals surface area contributed by atoms with Gasteiger partial charge in [0.1, 0.15) is 0 Å². The van der Waals surface area contributed by atoms with Gasteiger partial charge >= 0.3 is 5.97 Å². The maximum Gasteiger partial charge on any atom is 0.310 e. The molecule has 0 radical (unpaired) electrons. The third kappa shape index (κ3) is 2.82. The molecule has 1 N–H and O–H groups in total. The van der Waals surface area contributed by atoms with Crippen molar-refractivity contribution in [1.29, 1.82) is 0 Å². The first-order valence-electron chi connectivity index (χ1n) is 6.66. The van der Waals surface area contributed by atoms with Crippen molar-refractivity contribution < 1.29 is 14.7 Å². The molecule has 0 bridgehead atoms. The van der Waals surface area contributed by atoms with Crippen molar-refractivity contribution in [3.63, 3.8) is 0 Å². The number of hydrogen-bond donors (Lipinski definition) is 1. The Kier molecular flexibility index (Phi) is 4.20. The molecule has 1 heterocycles. The fourth-order valence-corrected chi connectivity index (χ4v) is 3.98. The Morgan fingerprint density at radius 2 is 2.06 bits per heavy atom. The van der Waals surface area contributed by atoms with Crippen molar-refractivity contribution in [3.05, 3.63) is 0 Å². The minimum Gasteiger partial charge on any atom is -0.481 e. The van der Waals surface area contributed by atoms with Crippen LogP contribution in [-0.2, 0) is 9.59 Å². The molecule has 0 aromatic carbocycles. The van der Waals surface area contributed by atoms with Crippen LogP contribution in [0.3, 0.4) is 0 Å². The summed E-state index contributed by atoms with van der Waals surface area (Å²) in [4.78, 5) is 25.5. The molecule has 0 aromatic rings. The molecular weight excluding hydrogens is 250 g/mol. The van der Waals surface area contributed by atoms with Crippen LogP contribution < -0.4 is 0 Å². The van der Waals surface area contributed by atoms with Crippen LogP contribution in [0.25, 0.3) is 0 Å². The van der Waals surface area contributed by atoms with Gasteiger partial charge in [-0.1, -0.05) is 19.8 Å². The topological polar surface area (TPSA) is 57.6 Å². The first kappa shape index (κ1) is 13.7. The van der Waals surface area contributed by atoms with E-state index >= 15 is 0 Å². The van der Waals surface area contributed by atoms with Gasteiger partial charge in [0.15, 0.2) is 0 Å².